The van der Waals surface area contributed by atoms with Gasteiger partial charge < -0.3 is 15.2 Å². The number of imidazole rings is 1. The molecule has 0 saturated heterocycles. The Morgan fingerprint density at radius 3 is 2.48 bits per heavy atom. The van der Waals surface area contributed by atoms with Crippen LogP contribution in [-0.4, -0.2) is 28.4 Å². The molecule has 0 saturated carbocycles. The summed E-state index contributed by atoms with van der Waals surface area (Å²) in [5.74, 6) is 0.321. The normalized spacial score (nSPS) is 10.6. The number of likely N-dealkylation sites (N-methyl/N-ethyl adjacent to an activating group) is 1. The first-order chi connectivity index (χ1) is 12.2. The van der Waals surface area contributed by atoms with Gasteiger partial charge in [0, 0.05) is 13.6 Å². The van der Waals surface area contributed by atoms with Crippen LogP contribution in [0.25, 0.3) is 11.0 Å². The summed E-state index contributed by atoms with van der Waals surface area (Å²) in [6.45, 7) is 0.594. The van der Waals surface area contributed by atoms with Gasteiger partial charge in [0.25, 0.3) is 0 Å². The lowest BCUT2D eigenvalue weighted by atomic mass is 10.2. The number of nitrogens with one attached hydrogen (secondary N) is 2. The fourth-order valence-corrected chi connectivity index (χ4v) is 2.66. The predicted octanol–water partition coefficient (Wildman–Crippen LogP) is 1.64. The van der Waals surface area contributed by atoms with Gasteiger partial charge in [-0.05, 0) is 17.7 Å². The molecule has 2 N–H and O–H groups in total. The number of rotatable bonds is 6. The van der Waals surface area contributed by atoms with Crippen molar-refractivity contribution in [2.24, 2.45) is 0 Å². The number of amides is 2. The number of aromatic nitrogens is 2. The van der Waals surface area contributed by atoms with Crippen molar-refractivity contribution < 1.29 is 9.59 Å². The van der Waals surface area contributed by atoms with Gasteiger partial charge in [-0.1, -0.05) is 42.5 Å². The second kappa shape index (κ2) is 7.61. The predicted molar refractivity (Wildman–Crippen MR) is 95.8 cm³/mol. The molecule has 6 heteroatoms. The second-order valence-corrected chi connectivity index (χ2v) is 5.72. The van der Waals surface area contributed by atoms with Gasteiger partial charge in [0.05, 0.1) is 17.5 Å². The number of hydrogen-bond donors (Lipinski definition) is 2. The zero-order valence-electron chi connectivity index (χ0n) is 14.0. The molecule has 0 aliphatic rings. The monoisotopic (exact) mass is 336 g/mol. The van der Waals surface area contributed by atoms with Gasteiger partial charge in [-0.15, -0.1) is 0 Å². The number of fused-ring (bicyclic) bond motifs is 1. The lowest BCUT2D eigenvalue weighted by Crippen LogP contribution is -2.29. The van der Waals surface area contributed by atoms with Crippen LogP contribution in [0.3, 0.4) is 0 Å². The number of carbonyl (C=O) groups excluding carboxylic acids is 2. The van der Waals surface area contributed by atoms with Crippen LogP contribution in [-0.2, 0) is 29.1 Å². The van der Waals surface area contributed by atoms with Crippen LogP contribution in [0.1, 0.15) is 11.4 Å². The van der Waals surface area contributed by atoms with Gasteiger partial charge in [-0.3, -0.25) is 9.59 Å². The molecule has 3 aromatic rings. The lowest BCUT2D eigenvalue weighted by molar-refractivity contribution is -0.122. The molecule has 1 heterocycles. The third-order valence-corrected chi connectivity index (χ3v) is 3.97. The summed E-state index contributed by atoms with van der Waals surface area (Å²) in [5.41, 5.74) is 2.66. The summed E-state index contributed by atoms with van der Waals surface area (Å²) in [6.07, 6.45) is 0.136. The summed E-state index contributed by atoms with van der Waals surface area (Å²) in [7, 11) is 1.59. The van der Waals surface area contributed by atoms with Gasteiger partial charge in [-0.2, -0.15) is 0 Å². The van der Waals surface area contributed by atoms with E-state index in [0.717, 1.165) is 16.6 Å². The van der Waals surface area contributed by atoms with E-state index in [1.54, 1.807) is 11.6 Å². The SMILES string of the molecule is CNC(=O)Cc1nc2ccccc2n1CC(=O)NCc1ccccc1. The van der Waals surface area contributed by atoms with Crippen LogP contribution < -0.4 is 10.6 Å². The van der Waals surface area contributed by atoms with Crippen LogP contribution in [0, 0.1) is 0 Å². The van der Waals surface area contributed by atoms with Gasteiger partial charge in [-0.25, -0.2) is 4.98 Å². The van der Waals surface area contributed by atoms with Gasteiger partial charge in [0.1, 0.15) is 12.4 Å². The van der Waals surface area contributed by atoms with E-state index < -0.39 is 0 Å². The van der Waals surface area contributed by atoms with Crippen molar-refractivity contribution in [3.05, 3.63) is 66.0 Å². The Kier molecular flexibility index (Phi) is 5.09. The van der Waals surface area contributed by atoms with Crippen molar-refractivity contribution in [1.82, 2.24) is 20.2 Å². The van der Waals surface area contributed by atoms with Gasteiger partial charge in [0.2, 0.25) is 11.8 Å². The molecule has 2 amide bonds. The Labute approximate surface area is 145 Å². The third kappa shape index (κ3) is 4.03. The minimum absolute atomic E-state index is 0.120. The Bertz CT molecular complexity index is 887. The van der Waals surface area contributed by atoms with E-state index in [-0.39, 0.29) is 24.8 Å². The third-order valence-electron chi connectivity index (χ3n) is 3.97. The van der Waals surface area contributed by atoms with E-state index in [2.05, 4.69) is 15.6 Å². The number of carbonyl (C=O) groups is 2. The molecular formula is C19H20N4O2. The van der Waals surface area contributed by atoms with Crippen LogP contribution in [0.5, 0.6) is 0 Å². The minimum Gasteiger partial charge on any atom is -0.359 e. The standard InChI is InChI=1S/C19H20N4O2/c1-20-18(24)11-17-22-15-9-5-6-10-16(15)23(17)13-19(25)21-12-14-7-3-2-4-8-14/h2-10H,11-13H2,1H3,(H,20,24)(H,21,25). The quantitative estimate of drug-likeness (QED) is 0.718. The van der Waals surface area contributed by atoms with Crippen molar-refractivity contribution >= 4 is 22.8 Å². The van der Waals surface area contributed by atoms with Crippen LogP contribution in [0.4, 0.5) is 0 Å². The average molecular weight is 336 g/mol. The fourth-order valence-electron chi connectivity index (χ4n) is 2.66. The van der Waals surface area contributed by atoms with Crippen LogP contribution in [0.2, 0.25) is 0 Å². The maximum atomic E-state index is 12.4. The van der Waals surface area contributed by atoms with Crippen molar-refractivity contribution in [3.8, 4) is 0 Å². The highest BCUT2D eigenvalue weighted by Crippen LogP contribution is 2.16. The molecule has 3 rings (SSSR count). The molecule has 0 spiro atoms. The van der Waals surface area contributed by atoms with Gasteiger partial charge >= 0.3 is 0 Å². The molecule has 1 aromatic heterocycles. The molecule has 2 aromatic carbocycles. The summed E-state index contributed by atoms with van der Waals surface area (Å²) < 4.78 is 1.80. The van der Waals surface area contributed by atoms with Crippen molar-refractivity contribution in [1.29, 1.82) is 0 Å². The maximum absolute atomic E-state index is 12.4. The van der Waals surface area contributed by atoms with Crippen LogP contribution in [0.15, 0.2) is 54.6 Å². The Balaban J connectivity index is 1.78. The van der Waals surface area contributed by atoms with E-state index in [1.165, 1.54) is 0 Å². The lowest BCUT2D eigenvalue weighted by Gasteiger charge is -2.10. The Hall–Kier alpha value is -3.15. The highest BCUT2D eigenvalue weighted by atomic mass is 16.2. The molecular weight excluding hydrogens is 316 g/mol. The second-order valence-electron chi connectivity index (χ2n) is 5.72. The zero-order chi connectivity index (χ0) is 17.6. The van der Waals surface area contributed by atoms with E-state index in [4.69, 9.17) is 0 Å². The molecule has 128 valence electrons. The topological polar surface area (TPSA) is 76.0 Å². The van der Waals surface area contributed by atoms with Gasteiger partial charge in [0.15, 0.2) is 0 Å². The largest absolute Gasteiger partial charge is 0.359 e. The number of hydrogen-bond acceptors (Lipinski definition) is 3. The average Bonchev–Trinajstić information content (AvgIpc) is 2.98. The number of para-hydroxylation sites is 2. The van der Waals surface area contributed by atoms with Crippen molar-refractivity contribution in [2.75, 3.05) is 7.05 Å². The Morgan fingerprint density at radius 2 is 1.72 bits per heavy atom. The molecule has 0 radical (unpaired) electrons. The molecule has 6 nitrogen and oxygen atoms in total. The van der Waals surface area contributed by atoms with E-state index in [1.807, 2.05) is 54.6 Å². The van der Waals surface area contributed by atoms with E-state index in [9.17, 15) is 9.59 Å². The summed E-state index contributed by atoms with van der Waals surface area (Å²) >= 11 is 0. The van der Waals surface area contributed by atoms with Crippen molar-refractivity contribution in [3.63, 3.8) is 0 Å². The summed E-state index contributed by atoms with van der Waals surface area (Å²) in [6, 6.07) is 17.3. The smallest absolute Gasteiger partial charge is 0.240 e. The van der Waals surface area contributed by atoms with E-state index >= 15 is 0 Å². The molecule has 25 heavy (non-hydrogen) atoms. The molecule has 0 unspecified atom stereocenters. The summed E-state index contributed by atoms with van der Waals surface area (Å²) in [4.78, 5) is 28.6. The zero-order valence-corrected chi connectivity index (χ0v) is 14.0. The highest BCUT2D eigenvalue weighted by Gasteiger charge is 2.15. The fraction of sp³-hybridized carbons (Fsp3) is 0.211. The maximum Gasteiger partial charge on any atom is 0.240 e. The highest BCUT2D eigenvalue weighted by molar-refractivity contribution is 5.83. The molecule has 0 aliphatic carbocycles. The Morgan fingerprint density at radius 1 is 1.00 bits per heavy atom. The van der Waals surface area contributed by atoms with Crippen molar-refractivity contribution in [2.45, 2.75) is 19.5 Å². The molecule has 0 fully saturated rings. The van der Waals surface area contributed by atoms with Crippen LogP contribution >= 0.6 is 0 Å². The number of benzene rings is 2. The molecule has 0 aliphatic heterocycles. The first-order valence-electron chi connectivity index (χ1n) is 8.12. The summed E-state index contributed by atoms with van der Waals surface area (Å²) in [5, 5.41) is 5.50. The molecule has 0 atom stereocenters. The minimum atomic E-state index is -0.138. The van der Waals surface area contributed by atoms with E-state index in [0.29, 0.717) is 12.4 Å². The first kappa shape index (κ1) is 16.7. The first-order valence-corrected chi connectivity index (χ1v) is 8.12. The number of nitrogens with zero attached hydrogens (tertiary/aromatic N) is 2. The molecule has 0 bridgehead atoms.